The SMILES string of the molecule is CCNC(c1cccc2ncccc12)C1(C)CCCS1. The van der Waals surface area contributed by atoms with Gasteiger partial charge in [-0.15, -0.1) is 0 Å². The minimum atomic E-state index is 0.292. The average Bonchev–Trinajstić information content (AvgIpc) is 2.92. The molecule has 1 aromatic heterocycles. The van der Waals surface area contributed by atoms with Gasteiger partial charge in [0.05, 0.1) is 5.52 Å². The molecule has 0 spiro atoms. The van der Waals surface area contributed by atoms with Crippen molar-refractivity contribution >= 4 is 22.7 Å². The van der Waals surface area contributed by atoms with Crippen LogP contribution in [0.15, 0.2) is 36.5 Å². The molecular formula is C17H22N2S. The van der Waals surface area contributed by atoms with Gasteiger partial charge < -0.3 is 5.32 Å². The minimum absolute atomic E-state index is 0.292. The van der Waals surface area contributed by atoms with Gasteiger partial charge in [-0.2, -0.15) is 11.8 Å². The van der Waals surface area contributed by atoms with Crippen molar-refractivity contribution in [1.82, 2.24) is 10.3 Å². The Morgan fingerprint density at radius 1 is 1.35 bits per heavy atom. The fraction of sp³-hybridized carbons (Fsp3) is 0.471. The van der Waals surface area contributed by atoms with E-state index in [1.807, 2.05) is 12.3 Å². The van der Waals surface area contributed by atoms with Gasteiger partial charge in [-0.3, -0.25) is 4.98 Å². The van der Waals surface area contributed by atoms with Gasteiger partial charge in [0.15, 0.2) is 0 Å². The highest BCUT2D eigenvalue weighted by atomic mass is 32.2. The van der Waals surface area contributed by atoms with Crippen LogP contribution in [0.25, 0.3) is 10.9 Å². The van der Waals surface area contributed by atoms with E-state index in [-0.39, 0.29) is 0 Å². The Balaban J connectivity index is 2.09. The van der Waals surface area contributed by atoms with Crippen LogP contribution in [0.2, 0.25) is 0 Å². The topological polar surface area (TPSA) is 24.9 Å². The number of aromatic nitrogens is 1. The molecule has 0 amide bonds. The highest BCUT2D eigenvalue weighted by Crippen LogP contribution is 2.47. The van der Waals surface area contributed by atoms with Crippen LogP contribution in [0.1, 0.15) is 38.3 Å². The second-order valence-corrected chi connectivity index (χ2v) is 7.30. The molecule has 0 bridgehead atoms. The first-order valence-electron chi connectivity index (χ1n) is 7.45. The fourth-order valence-corrected chi connectivity index (χ4v) is 4.69. The highest BCUT2D eigenvalue weighted by Gasteiger charge is 2.38. The van der Waals surface area contributed by atoms with Crippen molar-refractivity contribution in [3.8, 4) is 0 Å². The maximum absolute atomic E-state index is 4.50. The van der Waals surface area contributed by atoms with Crippen LogP contribution in [0.5, 0.6) is 0 Å². The molecule has 1 saturated heterocycles. The standard InChI is InChI=1S/C17H22N2S/c1-3-18-16(17(2)10-6-12-20-17)14-7-4-9-15-13(14)8-5-11-19-15/h4-5,7-9,11,16,18H,3,6,10,12H2,1-2H3. The van der Waals surface area contributed by atoms with E-state index in [0.29, 0.717) is 10.8 Å². The van der Waals surface area contributed by atoms with Crippen molar-refractivity contribution in [2.24, 2.45) is 0 Å². The maximum atomic E-state index is 4.50. The van der Waals surface area contributed by atoms with Gasteiger partial charge in [-0.25, -0.2) is 0 Å². The Labute approximate surface area is 125 Å². The molecule has 1 N–H and O–H groups in total. The summed E-state index contributed by atoms with van der Waals surface area (Å²) in [5, 5.41) is 5.01. The minimum Gasteiger partial charge on any atom is -0.309 e. The number of thioether (sulfide) groups is 1. The summed E-state index contributed by atoms with van der Waals surface area (Å²) in [4.78, 5) is 4.50. The van der Waals surface area contributed by atoms with E-state index in [9.17, 15) is 0 Å². The Kier molecular flexibility index (Phi) is 3.99. The van der Waals surface area contributed by atoms with E-state index in [0.717, 1.165) is 12.1 Å². The average molecular weight is 286 g/mol. The first kappa shape index (κ1) is 13.9. The molecule has 1 aliphatic rings. The van der Waals surface area contributed by atoms with Gasteiger partial charge in [0.2, 0.25) is 0 Å². The predicted molar refractivity (Wildman–Crippen MR) is 88.3 cm³/mol. The van der Waals surface area contributed by atoms with E-state index in [2.05, 4.69) is 60.2 Å². The number of nitrogens with one attached hydrogen (secondary N) is 1. The quantitative estimate of drug-likeness (QED) is 0.913. The Bertz CT molecular complexity index is 585. The molecule has 1 aromatic carbocycles. The second kappa shape index (κ2) is 5.74. The maximum Gasteiger partial charge on any atom is 0.0705 e. The second-order valence-electron chi connectivity index (χ2n) is 5.67. The van der Waals surface area contributed by atoms with E-state index in [4.69, 9.17) is 0 Å². The zero-order valence-corrected chi connectivity index (χ0v) is 13.0. The molecule has 3 heteroatoms. The molecular weight excluding hydrogens is 264 g/mol. The summed E-state index contributed by atoms with van der Waals surface area (Å²) in [5.74, 6) is 1.28. The molecule has 0 radical (unpaired) electrons. The number of fused-ring (bicyclic) bond motifs is 1. The lowest BCUT2D eigenvalue weighted by atomic mass is 9.88. The van der Waals surface area contributed by atoms with Crippen LogP contribution < -0.4 is 5.32 Å². The van der Waals surface area contributed by atoms with Crippen LogP contribution in [0, 0.1) is 0 Å². The summed E-state index contributed by atoms with van der Waals surface area (Å²) < 4.78 is 0.292. The Morgan fingerprint density at radius 3 is 3.00 bits per heavy atom. The van der Waals surface area contributed by atoms with Crippen molar-refractivity contribution in [3.05, 3.63) is 42.1 Å². The third-order valence-electron chi connectivity index (χ3n) is 4.26. The lowest BCUT2D eigenvalue weighted by Crippen LogP contribution is -2.37. The largest absolute Gasteiger partial charge is 0.309 e. The Hall–Kier alpha value is -1.06. The smallest absolute Gasteiger partial charge is 0.0705 e. The van der Waals surface area contributed by atoms with Crippen molar-refractivity contribution in [3.63, 3.8) is 0 Å². The van der Waals surface area contributed by atoms with E-state index in [1.54, 1.807) is 0 Å². The molecule has 2 heterocycles. The van der Waals surface area contributed by atoms with E-state index < -0.39 is 0 Å². The van der Waals surface area contributed by atoms with Crippen molar-refractivity contribution in [1.29, 1.82) is 0 Å². The molecule has 106 valence electrons. The molecule has 1 aliphatic heterocycles. The zero-order chi connectivity index (χ0) is 14.0. The van der Waals surface area contributed by atoms with Gasteiger partial charge in [0, 0.05) is 22.4 Å². The molecule has 2 unspecified atom stereocenters. The molecule has 0 saturated carbocycles. The highest BCUT2D eigenvalue weighted by molar-refractivity contribution is 8.00. The Morgan fingerprint density at radius 2 is 2.25 bits per heavy atom. The van der Waals surface area contributed by atoms with Crippen LogP contribution in [0.4, 0.5) is 0 Å². The number of hydrogen-bond donors (Lipinski definition) is 1. The molecule has 20 heavy (non-hydrogen) atoms. The lowest BCUT2D eigenvalue weighted by molar-refractivity contribution is 0.423. The number of benzene rings is 1. The monoisotopic (exact) mass is 286 g/mol. The van der Waals surface area contributed by atoms with Gasteiger partial charge in [-0.1, -0.05) is 25.1 Å². The molecule has 1 fully saturated rings. The molecule has 0 aliphatic carbocycles. The molecule has 2 atom stereocenters. The van der Waals surface area contributed by atoms with E-state index in [1.165, 1.54) is 29.5 Å². The summed E-state index contributed by atoms with van der Waals surface area (Å²) in [6, 6.07) is 11.1. The van der Waals surface area contributed by atoms with Gasteiger partial charge in [0.25, 0.3) is 0 Å². The van der Waals surface area contributed by atoms with Crippen LogP contribution in [-0.2, 0) is 0 Å². The normalized spacial score (nSPS) is 24.1. The van der Waals surface area contributed by atoms with Gasteiger partial charge in [-0.05, 0) is 49.8 Å². The molecule has 2 nitrogen and oxygen atoms in total. The van der Waals surface area contributed by atoms with Crippen molar-refractivity contribution in [2.45, 2.75) is 37.5 Å². The first-order chi connectivity index (χ1) is 9.74. The third-order valence-corrected chi connectivity index (χ3v) is 5.85. The van der Waals surface area contributed by atoms with Crippen molar-refractivity contribution < 1.29 is 0 Å². The number of rotatable bonds is 4. The predicted octanol–water partition coefficient (Wildman–Crippen LogP) is 4.17. The summed E-state index contributed by atoms with van der Waals surface area (Å²) in [7, 11) is 0. The zero-order valence-electron chi connectivity index (χ0n) is 12.2. The van der Waals surface area contributed by atoms with Crippen LogP contribution in [-0.4, -0.2) is 22.0 Å². The summed E-state index contributed by atoms with van der Waals surface area (Å²) in [5.41, 5.74) is 2.49. The van der Waals surface area contributed by atoms with E-state index >= 15 is 0 Å². The third kappa shape index (κ3) is 2.45. The molecule has 2 aromatic rings. The number of pyridine rings is 1. The van der Waals surface area contributed by atoms with Crippen LogP contribution in [0.3, 0.4) is 0 Å². The number of hydrogen-bond acceptors (Lipinski definition) is 3. The lowest BCUT2D eigenvalue weighted by Gasteiger charge is -2.35. The number of nitrogens with zero attached hydrogens (tertiary/aromatic N) is 1. The summed E-state index contributed by atoms with van der Waals surface area (Å²) >= 11 is 2.11. The van der Waals surface area contributed by atoms with Gasteiger partial charge >= 0.3 is 0 Å². The summed E-state index contributed by atoms with van der Waals surface area (Å²) in [6.07, 6.45) is 4.48. The first-order valence-corrected chi connectivity index (χ1v) is 8.44. The molecule has 3 rings (SSSR count). The summed E-state index contributed by atoms with van der Waals surface area (Å²) in [6.45, 7) is 5.60. The fourth-order valence-electron chi connectivity index (χ4n) is 3.27. The van der Waals surface area contributed by atoms with Crippen molar-refractivity contribution in [2.75, 3.05) is 12.3 Å². The van der Waals surface area contributed by atoms with Gasteiger partial charge in [0.1, 0.15) is 0 Å². The van der Waals surface area contributed by atoms with Crippen LogP contribution >= 0.6 is 11.8 Å².